The maximum absolute atomic E-state index is 11.4. The molecule has 0 radical (unpaired) electrons. The van der Waals surface area contributed by atoms with Crippen molar-refractivity contribution >= 4 is 29.2 Å². The molecule has 1 saturated carbocycles. The Bertz CT molecular complexity index is 809. The number of hydrogen-bond donors (Lipinski definition) is 3. The third kappa shape index (κ3) is 4.87. The van der Waals surface area contributed by atoms with Gasteiger partial charge in [0.1, 0.15) is 22.5 Å². The van der Waals surface area contributed by atoms with Gasteiger partial charge < -0.3 is 15.5 Å². The molecule has 2 aromatic rings. The molecule has 144 valence electrons. The quantitative estimate of drug-likeness (QED) is 0.713. The number of nitrogens with zero attached hydrogens (tertiary/aromatic N) is 1. The van der Waals surface area contributed by atoms with Crippen molar-refractivity contribution in [3.8, 4) is 11.3 Å². The Hall–Kier alpha value is -2.38. The number of aromatic amines is 1. The monoisotopic (exact) mass is 390 g/mol. The summed E-state index contributed by atoms with van der Waals surface area (Å²) in [6, 6.07) is 6.87. The van der Waals surface area contributed by atoms with Crippen molar-refractivity contribution < 1.29 is 14.3 Å². The molecule has 7 nitrogen and oxygen atoms in total. The van der Waals surface area contributed by atoms with Gasteiger partial charge in [0.05, 0.1) is 13.2 Å². The number of carbonyl (C=O) groups is 2. The molecule has 1 amide bonds. The summed E-state index contributed by atoms with van der Waals surface area (Å²) in [5.74, 6) is 1.42. The molecule has 1 aromatic carbocycles. The second-order valence-corrected chi connectivity index (χ2v) is 7.18. The van der Waals surface area contributed by atoms with Crippen LogP contribution in [-0.2, 0) is 9.53 Å². The predicted octanol–water partition coefficient (Wildman–Crippen LogP) is 4.06. The number of benzene rings is 1. The minimum atomic E-state index is -0.529. The standard InChI is InChI=1S/C19H23ClN4O3/c1-27-19(26)22-13-6-4-12(5-7-13)16-17(20)24-18(23-16)15(21)10-11-2-8-14(25)9-3-11/h4-7,11,15H,2-3,8-10,21H2,1H3,(H,22,26)(H,23,24)/t15-/m0/s1. The Morgan fingerprint density at radius 3 is 2.67 bits per heavy atom. The van der Waals surface area contributed by atoms with E-state index in [2.05, 4.69) is 20.0 Å². The van der Waals surface area contributed by atoms with Crippen LogP contribution in [0.15, 0.2) is 24.3 Å². The largest absolute Gasteiger partial charge is 0.453 e. The maximum atomic E-state index is 11.4. The number of ketones is 1. The number of imidazole rings is 1. The van der Waals surface area contributed by atoms with E-state index in [1.165, 1.54) is 7.11 Å². The number of halogens is 1. The molecule has 1 heterocycles. The van der Waals surface area contributed by atoms with Crippen molar-refractivity contribution in [3.05, 3.63) is 35.2 Å². The number of carbonyl (C=O) groups excluding carboxylic acids is 2. The first-order valence-electron chi connectivity index (χ1n) is 8.94. The second-order valence-electron chi connectivity index (χ2n) is 6.80. The number of methoxy groups -OCH3 is 1. The average molecular weight is 391 g/mol. The van der Waals surface area contributed by atoms with Crippen LogP contribution in [-0.4, -0.2) is 29.0 Å². The summed E-state index contributed by atoms with van der Waals surface area (Å²) in [6.07, 6.45) is 3.32. The van der Waals surface area contributed by atoms with Gasteiger partial charge in [0, 0.05) is 24.1 Å². The number of aromatic nitrogens is 2. The van der Waals surface area contributed by atoms with E-state index in [1.54, 1.807) is 12.1 Å². The smallest absolute Gasteiger partial charge is 0.411 e. The highest BCUT2D eigenvalue weighted by Crippen LogP contribution is 2.32. The molecule has 3 rings (SSSR count). The van der Waals surface area contributed by atoms with E-state index in [1.807, 2.05) is 12.1 Å². The van der Waals surface area contributed by atoms with Crippen LogP contribution in [0.25, 0.3) is 11.3 Å². The van der Waals surface area contributed by atoms with Crippen molar-refractivity contribution in [1.82, 2.24) is 9.97 Å². The number of nitrogens with one attached hydrogen (secondary N) is 2. The van der Waals surface area contributed by atoms with Crippen LogP contribution >= 0.6 is 11.6 Å². The first kappa shape index (κ1) is 19.4. The molecule has 0 bridgehead atoms. The fraction of sp³-hybridized carbons (Fsp3) is 0.421. The third-order valence-corrected chi connectivity index (χ3v) is 5.14. The van der Waals surface area contributed by atoms with E-state index in [9.17, 15) is 9.59 Å². The Kier molecular flexibility index (Phi) is 6.13. The molecule has 0 saturated heterocycles. The van der Waals surface area contributed by atoms with Gasteiger partial charge in [-0.25, -0.2) is 9.78 Å². The lowest BCUT2D eigenvalue weighted by Crippen LogP contribution is -2.21. The number of hydrogen-bond acceptors (Lipinski definition) is 5. The van der Waals surface area contributed by atoms with Crippen molar-refractivity contribution in [2.75, 3.05) is 12.4 Å². The topological polar surface area (TPSA) is 110 Å². The van der Waals surface area contributed by atoms with Crippen LogP contribution < -0.4 is 11.1 Å². The number of anilines is 1. The molecule has 1 fully saturated rings. The summed E-state index contributed by atoms with van der Waals surface area (Å²) in [6.45, 7) is 0. The summed E-state index contributed by atoms with van der Waals surface area (Å²) in [5, 5.41) is 3.01. The molecular formula is C19H23ClN4O3. The van der Waals surface area contributed by atoms with Crippen LogP contribution in [0.2, 0.25) is 5.15 Å². The molecular weight excluding hydrogens is 368 g/mol. The van der Waals surface area contributed by atoms with E-state index in [0.29, 0.717) is 46.9 Å². The minimum Gasteiger partial charge on any atom is -0.453 e. The van der Waals surface area contributed by atoms with Gasteiger partial charge in [-0.15, -0.1) is 0 Å². The maximum Gasteiger partial charge on any atom is 0.411 e. The lowest BCUT2D eigenvalue weighted by atomic mass is 9.84. The summed E-state index contributed by atoms with van der Waals surface area (Å²) < 4.78 is 4.56. The van der Waals surface area contributed by atoms with Gasteiger partial charge in [-0.2, -0.15) is 0 Å². The van der Waals surface area contributed by atoms with E-state index >= 15 is 0 Å². The van der Waals surface area contributed by atoms with Crippen LogP contribution in [0, 0.1) is 5.92 Å². The van der Waals surface area contributed by atoms with Crippen LogP contribution in [0.1, 0.15) is 44.0 Å². The van der Waals surface area contributed by atoms with Crippen LogP contribution in [0.5, 0.6) is 0 Å². The fourth-order valence-electron chi connectivity index (χ4n) is 3.32. The number of nitrogens with two attached hydrogens (primary N) is 1. The van der Waals surface area contributed by atoms with Crippen molar-refractivity contribution in [1.29, 1.82) is 0 Å². The molecule has 0 unspecified atom stereocenters. The third-order valence-electron chi connectivity index (χ3n) is 4.87. The molecule has 1 aliphatic carbocycles. The first-order chi connectivity index (χ1) is 13.0. The minimum absolute atomic E-state index is 0.255. The van der Waals surface area contributed by atoms with Gasteiger partial charge in [0.2, 0.25) is 0 Å². The zero-order chi connectivity index (χ0) is 19.4. The van der Waals surface area contributed by atoms with E-state index in [4.69, 9.17) is 17.3 Å². The number of H-pyrrole nitrogens is 1. The van der Waals surface area contributed by atoms with Crippen molar-refractivity contribution in [2.24, 2.45) is 11.7 Å². The summed E-state index contributed by atoms with van der Waals surface area (Å²) >= 11 is 6.32. The Labute approximate surface area is 162 Å². The SMILES string of the molecule is COC(=O)Nc1ccc(-c2nc([C@@H](N)CC3CCC(=O)CC3)[nH]c2Cl)cc1. The average Bonchev–Trinajstić information content (AvgIpc) is 3.06. The first-order valence-corrected chi connectivity index (χ1v) is 9.32. The van der Waals surface area contributed by atoms with Gasteiger partial charge >= 0.3 is 6.09 Å². The highest BCUT2D eigenvalue weighted by Gasteiger charge is 2.23. The fourth-order valence-corrected chi connectivity index (χ4v) is 3.57. The lowest BCUT2D eigenvalue weighted by Gasteiger charge is -2.23. The number of amides is 1. The normalized spacial score (nSPS) is 16.2. The molecule has 27 heavy (non-hydrogen) atoms. The number of ether oxygens (including phenoxy) is 1. The molecule has 0 spiro atoms. The highest BCUT2D eigenvalue weighted by molar-refractivity contribution is 6.31. The molecule has 4 N–H and O–H groups in total. The number of rotatable bonds is 5. The predicted molar refractivity (Wildman–Crippen MR) is 104 cm³/mol. The van der Waals surface area contributed by atoms with Crippen molar-refractivity contribution in [3.63, 3.8) is 0 Å². The Morgan fingerprint density at radius 1 is 1.37 bits per heavy atom. The van der Waals surface area contributed by atoms with Gasteiger partial charge in [0.15, 0.2) is 0 Å². The summed E-state index contributed by atoms with van der Waals surface area (Å²) in [4.78, 5) is 30.3. The molecule has 0 aliphatic heterocycles. The molecule has 1 aliphatic rings. The zero-order valence-electron chi connectivity index (χ0n) is 15.1. The number of Topliss-reactive ketones (excluding diaryl/α,β-unsaturated/α-hetero) is 1. The second kappa shape index (κ2) is 8.54. The summed E-state index contributed by atoms with van der Waals surface area (Å²) in [5.41, 5.74) is 8.36. The van der Waals surface area contributed by atoms with Crippen molar-refractivity contribution in [2.45, 2.75) is 38.1 Å². The van der Waals surface area contributed by atoms with Gasteiger partial charge in [-0.3, -0.25) is 10.1 Å². The van der Waals surface area contributed by atoms with Crippen LogP contribution in [0.4, 0.5) is 10.5 Å². The van der Waals surface area contributed by atoms with Gasteiger partial charge in [0.25, 0.3) is 0 Å². The van der Waals surface area contributed by atoms with Gasteiger partial charge in [-0.1, -0.05) is 23.7 Å². The summed E-state index contributed by atoms with van der Waals surface area (Å²) in [7, 11) is 1.31. The van der Waals surface area contributed by atoms with Crippen LogP contribution in [0.3, 0.4) is 0 Å². The Balaban J connectivity index is 1.68. The van der Waals surface area contributed by atoms with Gasteiger partial charge in [-0.05, 0) is 37.3 Å². The van der Waals surface area contributed by atoms with E-state index < -0.39 is 6.09 Å². The lowest BCUT2D eigenvalue weighted by molar-refractivity contribution is -0.121. The highest BCUT2D eigenvalue weighted by atomic mass is 35.5. The zero-order valence-corrected chi connectivity index (χ0v) is 15.9. The van der Waals surface area contributed by atoms with E-state index in [0.717, 1.165) is 24.8 Å². The molecule has 1 aromatic heterocycles. The van der Waals surface area contributed by atoms with E-state index in [-0.39, 0.29) is 6.04 Å². The molecule has 8 heteroatoms. The molecule has 1 atom stereocenters. The Morgan fingerprint density at radius 2 is 2.04 bits per heavy atom.